The highest BCUT2D eigenvalue weighted by Gasteiger charge is 2.18. The van der Waals surface area contributed by atoms with E-state index < -0.39 is 10.0 Å². The zero-order chi connectivity index (χ0) is 13.9. The van der Waals surface area contributed by atoms with Gasteiger partial charge in [0.15, 0.2) is 0 Å². The molecule has 0 aliphatic heterocycles. The molecule has 0 aliphatic carbocycles. The minimum absolute atomic E-state index is 0.0895. The van der Waals surface area contributed by atoms with Gasteiger partial charge >= 0.3 is 0 Å². The summed E-state index contributed by atoms with van der Waals surface area (Å²) < 4.78 is 26.6. The standard InChI is InChI=1S/C12H11ClN2O3S/c13-12-11(5-2-6-14-12)19(17,18)15-10-4-1-3-9(7-10)8-16/h1-7,15-16H,8H2. The van der Waals surface area contributed by atoms with Gasteiger partial charge in [0.2, 0.25) is 0 Å². The van der Waals surface area contributed by atoms with Crippen LogP contribution in [-0.4, -0.2) is 18.5 Å². The number of anilines is 1. The third kappa shape index (κ3) is 3.23. The molecule has 2 rings (SSSR count). The van der Waals surface area contributed by atoms with Gasteiger partial charge < -0.3 is 5.11 Å². The molecule has 0 aliphatic rings. The molecule has 0 spiro atoms. The Morgan fingerprint density at radius 3 is 2.74 bits per heavy atom. The van der Waals surface area contributed by atoms with Crippen molar-refractivity contribution in [2.45, 2.75) is 11.5 Å². The number of sulfonamides is 1. The number of rotatable bonds is 4. The molecule has 2 aromatic rings. The quantitative estimate of drug-likeness (QED) is 0.847. The molecular weight excluding hydrogens is 288 g/mol. The van der Waals surface area contributed by atoms with E-state index in [-0.39, 0.29) is 16.7 Å². The number of halogens is 1. The Balaban J connectivity index is 2.34. The molecule has 0 saturated carbocycles. The molecule has 0 saturated heterocycles. The van der Waals surface area contributed by atoms with Crippen molar-refractivity contribution < 1.29 is 13.5 Å². The zero-order valence-electron chi connectivity index (χ0n) is 9.75. The summed E-state index contributed by atoms with van der Waals surface area (Å²) >= 11 is 5.76. The summed E-state index contributed by atoms with van der Waals surface area (Å²) in [6.07, 6.45) is 1.41. The van der Waals surface area contributed by atoms with Gasteiger partial charge in [0.05, 0.1) is 6.61 Å². The fourth-order valence-corrected chi connectivity index (χ4v) is 3.02. The number of nitrogens with one attached hydrogen (secondary N) is 1. The zero-order valence-corrected chi connectivity index (χ0v) is 11.3. The number of aliphatic hydroxyl groups excluding tert-OH is 1. The Labute approximate surface area is 115 Å². The maximum absolute atomic E-state index is 12.1. The molecule has 0 bridgehead atoms. The molecule has 1 aromatic carbocycles. The van der Waals surface area contributed by atoms with Crippen LogP contribution in [0.1, 0.15) is 5.56 Å². The average Bonchev–Trinajstić information content (AvgIpc) is 2.38. The molecule has 0 radical (unpaired) electrons. The highest BCUT2D eigenvalue weighted by atomic mass is 35.5. The molecule has 0 amide bonds. The van der Waals surface area contributed by atoms with Crippen molar-refractivity contribution in [2.24, 2.45) is 0 Å². The van der Waals surface area contributed by atoms with Crippen LogP contribution in [0.5, 0.6) is 0 Å². The topological polar surface area (TPSA) is 79.3 Å². The maximum Gasteiger partial charge on any atom is 0.264 e. The summed E-state index contributed by atoms with van der Waals surface area (Å²) in [5.41, 5.74) is 0.962. The molecular formula is C12H11ClN2O3S. The molecule has 0 atom stereocenters. The highest BCUT2D eigenvalue weighted by molar-refractivity contribution is 7.92. The third-order valence-electron chi connectivity index (χ3n) is 2.38. The molecule has 5 nitrogen and oxygen atoms in total. The predicted molar refractivity (Wildman–Crippen MR) is 72.4 cm³/mol. The van der Waals surface area contributed by atoms with Crippen LogP contribution in [0.4, 0.5) is 5.69 Å². The van der Waals surface area contributed by atoms with Gasteiger partial charge in [-0.15, -0.1) is 0 Å². The minimum atomic E-state index is -3.80. The van der Waals surface area contributed by atoms with Gasteiger partial charge in [-0.25, -0.2) is 13.4 Å². The number of aromatic nitrogens is 1. The predicted octanol–water partition coefficient (Wildman–Crippen LogP) is 2.03. The summed E-state index contributed by atoms with van der Waals surface area (Å²) in [5.74, 6) is 0. The lowest BCUT2D eigenvalue weighted by molar-refractivity contribution is 0.282. The van der Waals surface area contributed by atoms with Gasteiger partial charge in [-0.05, 0) is 29.8 Å². The molecule has 19 heavy (non-hydrogen) atoms. The Morgan fingerprint density at radius 2 is 2.05 bits per heavy atom. The van der Waals surface area contributed by atoms with E-state index in [9.17, 15) is 8.42 Å². The summed E-state index contributed by atoms with van der Waals surface area (Å²) in [6.45, 7) is -0.163. The number of hydrogen-bond acceptors (Lipinski definition) is 4. The van der Waals surface area contributed by atoms with Crippen molar-refractivity contribution >= 4 is 27.3 Å². The first kappa shape index (κ1) is 13.8. The monoisotopic (exact) mass is 298 g/mol. The minimum Gasteiger partial charge on any atom is -0.392 e. The smallest absolute Gasteiger partial charge is 0.264 e. The second-order valence-electron chi connectivity index (χ2n) is 3.76. The summed E-state index contributed by atoms with van der Waals surface area (Å²) in [5, 5.41) is 8.92. The van der Waals surface area contributed by atoms with Gasteiger partial charge in [0.1, 0.15) is 10.0 Å². The van der Waals surface area contributed by atoms with Crippen LogP contribution in [0, 0.1) is 0 Å². The number of hydrogen-bond donors (Lipinski definition) is 2. The fourth-order valence-electron chi connectivity index (χ4n) is 1.52. The van der Waals surface area contributed by atoms with Gasteiger partial charge in [0, 0.05) is 11.9 Å². The Kier molecular flexibility index (Phi) is 4.04. The normalized spacial score (nSPS) is 11.3. The van der Waals surface area contributed by atoms with Crippen LogP contribution in [0.3, 0.4) is 0 Å². The molecule has 7 heteroatoms. The second-order valence-corrected chi connectivity index (χ2v) is 5.77. The van der Waals surface area contributed by atoms with Crippen molar-refractivity contribution in [2.75, 3.05) is 4.72 Å². The van der Waals surface area contributed by atoms with Crippen LogP contribution < -0.4 is 4.72 Å². The lowest BCUT2D eigenvalue weighted by atomic mass is 10.2. The molecule has 2 N–H and O–H groups in total. The van der Waals surface area contributed by atoms with Crippen molar-refractivity contribution in [1.82, 2.24) is 4.98 Å². The van der Waals surface area contributed by atoms with Crippen LogP contribution in [0.2, 0.25) is 5.15 Å². The second kappa shape index (κ2) is 5.56. The van der Waals surface area contributed by atoms with E-state index in [1.165, 1.54) is 18.3 Å². The van der Waals surface area contributed by atoms with Crippen LogP contribution in [-0.2, 0) is 16.6 Å². The lowest BCUT2D eigenvalue weighted by Gasteiger charge is -2.09. The van der Waals surface area contributed by atoms with E-state index in [4.69, 9.17) is 16.7 Å². The SMILES string of the molecule is O=S(=O)(Nc1cccc(CO)c1)c1cccnc1Cl. The first-order valence-electron chi connectivity index (χ1n) is 5.36. The third-order valence-corrected chi connectivity index (χ3v) is 4.20. The van der Waals surface area contributed by atoms with Gasteiger partial charge in [0.25, 0.3) is 10.0 Å². The van der Waals surface area contributed by atoms with E-state index in [1.54, 1.807) is 24.3 Å². The van der Waals surface area contributed by atoms with Crippen molar-refractivity contribution in [3.8, 4) is 0 Å². The molecule has 0 fully saturated rings. The van der Waals surface area contributed by atoms with Crippen LogP contribution in [0.15, 0.2) is 47.5 Å². The van der Waals surface area contributed by atoms with Gasteiger partial charge in [-0.1, -0.05) is 23.7 Å². The highest BCUT2D eigenvalue weighted by Crippen LogP contribution is 2.21. The molecule has 1 heterocycles. The van der Waals surface area contributed by atoms with E-state index in [1.807, 2.05) is 0 Å². The van der Waals surface area contributed by atoms with E-state index in [2.05, 4.69) is 9.71 Å². The van der Waals surface area contributed by atoms with Crippen LogP contribution in [0.25, 0.3) is 0 Å². The Morgan fingerprint density at radius 1 is 1.26 bits per heavy atom. The van der Waals surface area contributed by atoms with Crippen molar-refractivity contribution in [3.05, 3.63) is 53.3 Å². The first-order valence-corrected chi connectivity index (χ1v) is 7.22. The number of aliphatic hydroxyl groups is 1. The fraction of sp³-hybridized carbons (Fsp3) is 0.0833. The number of pyridine rings is 1. The largest absolute Gasteiger partial charge is 0.392 e. The van der Waals surface area contributed by atoms with E-state index in [0.717, 1.165) is 0 Å². The van der Waals surface area contributed by atoms with Crippen molar-refractivity contribution in [3.63, 3.8) is 0 Å². The van der Waals surface area contributed by atoms with Gasteiger partial charge in [-0.2, -0.15) is 0 Å². The summed E-state index contributed by atoms with van der Waals surface area (Å²) in [4.78, 5) is 3.64. The number of benzene rings is 1. The number of nitrogens with zero attached hydrogens (tertiary/aromatic N) is 1. The van der Waals surface area contributed by atoms with E-state index in [0.29, 0.717) is 11.3 Å². The average molecular weight is 299 g/mol. The summed E-state index contributed by atoms with van der Waals surface area (Å²) in [7, 11) is -3.80. The molecule has 1 aromatic heterocycles. The first-order chi connectivity index (χ1) is 9.03. The molecule has 100 valence electrons. The van der Waals surface area contributed by atoms with E-state index >= 15 is 0 Å². The Hall–Kier alpha value is -1.63. The van der Waals surface area contributed by atoms with Gasteiger partial charge in [-0.3, -0.25) is 4.72 Å². The Bertz CT molecular complexity index is 689. The van der Waals surface area contributed by atoms with Crippen LogP contribution >= 0.6 is 11.6 Å². The summed E-state index contributed by atoms with van der Waals surface area (Å²) in [6, 6.07) is 9.32. The van der Waals surface area contributed by atoms with Crippen molar-refractivity contribution in [1.29, 1.82) is 0 Å². The maximum atomic E-state index is 12.1. The lowest BCUT2D eigenvalue weighted by Crippen LogP contribution is -2.14. The molecule has 0 unspecified atom stereocenters.